The Bertz CT molecular complexity index is 479. The molecule has 0 unspecified atom stereocenters. The number of rotatable bonds is 4. The molecule has 0 aliphatic heterocycles. The van der Waals surface area contributed by atoms with Crippen LogP contribution in [0.15, 0.2) is 36.4 Å². The predicted molar refractivity (Wildman–Crippen MR) is 63.5 cm³/mol. The fourth-order valence-electron chi connectivity index (χ4n) is 1.41. The summed E-state index contributed by atoms with van der Waals surface area (Å²) in [6.45, 7) is 0. The zero-order valence-corrected chi connectivity index (χ0v) is 9.41. The van der Waals surface area contributed by atoms with Crippen molar-refractivity contribution in [2.24, 2.45) is 0 Å². The average molecular weight is 233 g/mol. The molecule has 16 heavy (non-hydrogen) atoms. The Morgan fingerprint density at radius 3 is 2.75 bits per heavy atom. The highest BCUT2D eigenvalue weighted by atomic mass is 32.1. The van der Waals surface area contributed by atoms with E-state index >= 15 is 0 Å². The molecule has 4 heteroatoms. The molecule has 0 atom stereocenters. The number of aliphatic carboxylic acids is 1. The second kappa shape index (κ2) is 4.90. The third kappa shape index (κ3) is 2.67. The summed E-state index contributed by atoms with van der Waals surface area (Å²) in [5.41, 5.74) is 1.99. The first-order valence-electron chi connectivity index (χ1n) is 4.98. The summed E-state index contributed by atoms with van der Waals surface area (Å²) in [5, 5.41) is 8.58. The number of carboxylic acid groups (broad SMARTS) is 1. The van der Waals surface area contributed by atoms with E-state index in [1.54, 1.807) is 0 Å². The Hall–Kier alpha value is -1.68. The van der Waals surface area contributed by atoms with E-state index in [2.05, 4.69) is 4.37 Å². The van der Waals surface area contributed by atoms with Crippen LogP contribution in [-0.4, -0.2) is 15.4 Å². The second-order valence-electron chi connectivity index (χ2n) is 3.44. The van der Waals surface area contributed by atoms with E-state index in [-0.39, 0.29) is 6.42 Å². The number of aromatic nitrogens is 1. The molecule has 0 saturated heterocycles. The van der Waals surface area contributed by atoms with E-state index in [9.17, 15) is 4.79 Å². The molecular formula is C12H11NO2S. The van der Waals surface area contributed by atoms with Crippen LogP contribution in [0.25, 0.3) is 11.3 Å². The number of benzene rings is 1. The van der Waals surface area contributed by atoms with Gasteiger partial charge in [0.2, 0.25) is 0 Å². The maximum Gasteiger partial charge on any atom is 0.303 e. The van der Waals surface area contributed by atoms with Crippen LogP contribution in [0, 0.1) is 0 Å². The minimum absolute atomic E-state index is 0.163. The van der Waals surface area contributed by atoms with Crippen molar-refractivity contribution in [1.29, 1.82) is 0 Å². The third-order valence-corrected chi connectivity index (χ3v) is 3.06. The van der Waals surface area contributed by atoms with Gasteiger partial charge < -0.3 is 5.11 Å². The lowest BCUT2D eigenvalue weighted by molar-refractivity contribution is -0.136. The van der Waals surface area contributed by atoms with Crippen LogP contribution in [0.1, 0.15) is 11.3 Å². The minimum Gasteiger partial charge on any atom is -0.481 e. The first-order chi connectivity index (χ1) is 7.75. The number of hydrogen-bond acceptors (Lipinski definition) is 3. The molecule has 2 rings (SSSR count). The fraction of sp³-hybridized carbons (Fsp3) is 0.167. The highest BCUT2D eigenvalue weighted by molar-refractivity contribution is 7.06. The summed E-state index contributed by atoms with van der Waals surface area (Å²) in [4.78, 5) is 11.4. The van der Waals surface area contributed by atoms with Crippen LogP contribution in [0.4, 0.5) is 0 Å². The monoisotopic (exact) mass is 233 g/mol. The molecule has 82 valence electrons. The zero-order valence-electron chi connectivity index (χ0n) is 8.59. The van der Waals surface area contributed by atoms with Crippen LogP contribution in [-0.2, 0) is 11.2 Å². The van der Waals surface area contributed by atoms with Crippen LogP contribution in [0.3, 0.4) is 0 Å². The van der Waals surface area contributed by atoms with Crippen molar-refractivity contribution in [2.45, 2.75) is 12.8 Å². The van der Waals surface area contributed by atoms with Crippen molar-refractivity contribution >= 4 is 17.5 Å². The van der Waals surface area contributed by atoms with Gasteiger partial charge in [-0.15, -0.1) is 0 Å². The number of hydrogen-bond donors (Lipinski definition) is 1. The van der Waals surface area contributed by atoms with Crippen molar-refractivity contribution in [3.63, 3.8) is 0 Å². The highest BCUT2D eigenvalue weighted by Gasteiger charge is 2.05. The summed E-state index contributed by atoms with van der Waals surface area (Å²) >= 11 is 1.37. The van der Waals surface area contributed by atoms with Crippen LogP contribution >= 0.6 is 11.5 Å². The minimum atomic E-state index is -0.769. The van der Waals surface area contributed by atoms with Crippen LogP contribution < -0.4 is 0 Å². The Morgan fingerprint density at radius 2 is 2.06 bits per heavy atom. The van der Waals surface area contributed by atoms with E-state index < -0.39 is 5.97 Å². The Balaban J connectivity index is 2.11. The molecule has 0 aliphatic carbocycles. The molecule has 1 aromatic carbocycles. The quantitative estimate of drug-likeness (QED) is 0.883. The van der Waals surface area contributed by atoms with Gasteiger partial charge in [-0.05, 0) is 24.0 Å². The lowest BCUT2D eigenvalue weighted by Crippen LogP contribution is -1.95. The smallest absolute Gasteiger partial charge is 0.303 e. The summed E-state index contributed by atoms with van der Waals surface area (Å²) in [6.07, 6.45) is 0.719. The van der Waals surface area contributed by atoms with Gasteiger partial charge in [-0.1, -0.05) is 30.3 Å². The summed E-state index contributed by atoms with van der Waals surface area (Å²) in [6, 6.07) is 11.8. The predicted octanol–water partition coefficient (Wildman–Crippen LogP) is 2.83. The maximum absolute atomic E-state index is 10.4. The molecule has 0 aliphatic rings. The van der Waals surface area contributed by atoms with Crippen molar-refractivity contribution in [3.05, 3.63) is 41.3 Å². The maximum atomic E-state index is 10.4. The van der Waals surface area contributed by atoms with Gasteiger partial charge in [0.15, 0.2) is 0 Å². The highest BCUT2D eigenvalue weighted by Crippen LogP contribution is 2.22. The zero-order chi connectivity index (χ0) is 11.4. The van der Waals surface area contributed by atoms with Crippen LogP contribution in [0.2, 0.25) is 0 Å². The van der Waals surface area contributed by atoms with E-state index in [1.807, 2.05) is 36.4 Å². The molecule has 2 aromatic rings. The summed E-state index contributed by atoms with van der Waals surface area (Å²) in [5.74, 6) is -0.769. The average Bonchev–Trinajstić information content (AvgIpc) is 2.76. The summed E-state index contributed by atoms with van der Waals surface area (Å²) < 4.78 is 4.31. The lowest BCUT2D eigenvalue weighted by Gasteiger charge is -1.93. The van der Waals surface area contributed by atoms with Crippen molar-refractivity contribution < 1.29 is 9.90 Å². The summed E-state index contributed by atoms with van der Waals surface area (Å²) in [7, 11) is 0. The van der Waals surface area contributed by atoms with Gasteiger partial charge in [0.05, 0.1) is 12.1 Å². The van der Waals surface area contributed by atoms with Gasteiger partial charge in [-0.3, -0.25) is 4.79 Å². The topological polar surface area (TPSA) is 50.2 Å². The van der Waals surface area contributed by atoms with Crippen LogP contribution in [0.5, 0.6) is 0 Å². The SMILES string of the molecule is O=C(O)CCc1cc(-c2ccccc2)ns1. The normalized spacial score (nSPS) is 10.2. The second-order valence-corrected chi connectivity index (χ2v) is 4.33. The van der Waals surface area contributed by atoms with Crippen molar-refractivity contribution in [2.75, 3.05) is 0 Å². The van der Waals surface area contributed by atoms with E-state index in [4.69, 9.17) is 5.11 Å². The molecule has 0 saturated carbocycles. The Kier molecular flexibility index (Phi) is 3.31. The molecule has 0 fully saturated rings. The molecule has 0 amide bonds. The van der Waals surface area contributed by atoms with Gasteiger partial charge in [-0.2, -0.15) is 4.37 Å². The molecule has 1 heterocycles. The Morgan fingerprint density at radius 1 is 1.31 bits per heavy atom. The molecule has 1 aromatic heterocycles. The number of nitrogens with zero attached hydrogens (tertiary/aromatic N) is 1. The fourth-order valence-corrected chi connectivity index (χ4v) is 2.14. The van der Waals surface area contributed by atoms with Gasteiger partial charge >= 0.3 is 5.97 Å². The molecule has 1 N–H and O–H groups in total. The van der Waals surface area contributed by atoms with Crippen molar-refractivity contribution in [3.8, 4) is 11.3 Å². The number of aryl methyl sites for hydroxylation is 1. The molecular weight excluding hydrogens is 222 g/mol. The van der Waals surface area contributed by atoms with E-state index in [1.165, 1.54) is 11.5 Å². The molecule has 0 spiro atoms. The Labute approximate surface area is 97.5 Å². The van der Waals surface area contributed by atoms with Crippen molar-refractivity contribution in [1.82, 2.24) is 4.37 Å². The first kappa shape index (κ1) is 10.8. The molecule has 0 radical (unpaired) electrons. The van der Waals surface area contributed by atoms with Gasteiger partial charge in [0.1, 0.15) is 0 Å². The standard InChI is InChI=1S/C12H11NO2S/c14-12(15)7-6-10-8-11(13-16-10)9-4-2-1-3-5-9/h1-5,8H,6-7H2,(H,14,15). The number of carbonyl (C=O) groups is 1. The largest absolute Gasteiger partial charge is 0.481 e. The lowest BCUT2D eigenvalue weighted by atomic mass is 10.1. The van der Waals surface area contributed by atoms with E-state index in [0.717, 1.165) is 16.1 Å². The van der Waals surface area contributed by atoms with Gasteiger partial charge in [-0.25, -0.2) is 0 Å². The molecule has 3 nitrogen and oxygen atoms in total. The van der Waals surface area contributed by atoms with Gasteiger partial charge in [0.25, 0.3) is 0 Å². The third-order valence-electron chi connectivity index (χ3n) is 2.21. The first-order valence-corrected chi connectivity index (χ1v) is 5.76. The van der Waals surface area contributed by atoms with Gasteiger partial charge in [0, 0.05) is 10.4 Å². The number of carboxylic acids is 1. The van der Waals surface area contributed by atoms with E-state index in [0.29, 0.717) is 6.42 Å². The molecule has 0 bridgehead atoms.